The van der Waals surface area contributed by atoms with Crippen molar-refractivity contribution < 1.29 is 33.5 Å². The molecule has 0 aliphatic heterocycles. The summed E-state index contributed by atoms with van der Waals surface area (Å²) in [7, 11) is -4.64. The molecule has 0 atom stereocenters. The number of hydrogen-bond acceptors (Lipinski definition) is 1. The molecule has 0 bridgehead atoms. The molecule has 0 aliphatic rings. The third-order valence-corrected chi connectivity index (χ3v) is 0. The molecule has 0 rings (SSSR count). The Kier molecular flexibility index (Phi) is 4.27. The van der Waals surface area contributed by atoms with Crippen LogP contribution in [0, 0.1) is 14.3 Å². The first-order valence-corrected chi connectivity index (χ1v) is 2.35. The van der Waals surface area contributed by atoms with Gasteiger partial charge in [-0.25, -0.2) is 4.57 Å². The van der Waals surface area contributed by atoms with Gasteiger partial charge in [0.2, 0.25) is 0 Å². The van der Waals surface area contributed by atoms with Crippen LogP contribution in [-0.4, -0.2) is 14.7 Å². The van der Waals surface area contributed by atoms with E-state index >= 15 is 0 Å². The quantitative estimate of drug-likeness (QED) is 0.498. The van der Waals surface area contributed by atoms with E-state index in [-0.39, 0.29) is 14.3 Å². The van der Waals surface area contributed by atoms with E-state index in [9.17, 15) is 0 Å². The van der Waals surface area contributed by atoms with Crippen molar-refractivity contribution in [3.05, 3.63) is 0 Å². The Bertz CT molecular complexity index is 53.7. The Morgan fingerprint density at radius 3 is 1.17 bits per heavy atom. The summed E-state index contributed by atoms with van der Waals surface area (Å²) in [6.07, 6.45) is 0. The second-order valence-electron chi connectivity index (χ2n) is 0.513. The molecule has 0 aromatic carbocycles. The molecular weight excluding hydrogens is 338 g/mol. The predicted octanol–water partition coefficient (Wildman–Crippen LogP) is -0.929. The molecule has 0 heterocycles. The first-order chi connectivity index (χ1) is 2.00. The molecule has 6 heteroatoms. The summed E-state index contributed by atoms with van der Waals surface area (Å²) in [5.41, 5.74) is 0. The fourth-order valence-electron chi connectivity index (χ4n) is 0. The molecule has 0 saturated carbocycles. The zero-order valence-corrected chi connectivity index (χ0v) is 6.62. The van der Waals surface area contributed by atoms with Gasteiger partial charge in [-0.3, -0.25) is 0 Å². The standard InChI is InChI=1S/Am.H3O4P/c;1-5(2,3)4/h;(H3,1,2,3,4). The number of hydrogen-bond donors (Lipinski definition) is 3. The number of rotatable bonds is 0. The second kappa shape index (κ2) is 2.64. The predicted molar refractivity (Wildman–Crippen MR) is 14.3 cm³/mol. The Labute approximate surface area is 42.3 Å². The molecule has 0 aromatic heterocycles. The topological polar surface area (TPSA) is 77.8 Å². The van der Waals surface area contributed by atoms with E-state index < -0.39 is 7.82 Å². The van der Waals surface area contributed by atoms with Crippen molar-refractivity contribution in [2.24, 2.45) is 0 Å². The summed E-state index contributed by atoms with van der Waals surface area (Å²) < 4.78 is 8.88. The molecule has 4 nitrogen and oxygen atoms in total. The van der Waals surface area contributed by atoms with Gasteiger partial charge in [-0.2, -0.15) is 0 Å². The zero-order chi connectivity index (χ0) is 4.50. The first kappa shape index (κ1) is 9.71. The van der Waals surface area contributed by atoms with Gasteiger partial charge < -0.3 is 14.7 Å². The van der Waals surface area contributed by atoms with Crippen LogP contribution in [0.25, 0.3) is 0 Å². The molecular formula is H3AmO4P. The Morgan fingerprint density at radius 1 is 1.17 bits per heavy atom. The van der Waals surface area contributed by atoms with Crippen molar-refractivity contribution in [2.45, 2.75) is 0 Å². The van der Waals surface area contributed by atoms with E-state index in [1.807, 2.05) is 0 Å². The summed E-state index contributed by atoms with van der Waals surface area (Å²) in [5.74, 6) is 0. The second-order valence-corrected chi connectivity index (χ2v) is 1.54. The zero-order valence-electron chi connectivity index (χ0n) is 2.58. The van der Waals surface area contributed by atoms with Gasteiger partial charge in [-0.15, -0.1) is 0 Å². The van der Waals surface area contributed by atoms with E-state index in [1.54, 1.807) is 0 Å². The molecule has 0 saturated heterocycles. The van der Waals surface area contributed by atoms with Crippen LogP contribution in [0.2, 0.25) is 0 Å². The summed E-state index contributed by atoms with van der Waals surface area (Å²) in [6, 6.07) is 0. The van der Waals surface area contributed by atoms with Crippen molar-refractivity contribution in [3.63, 3.8) is 0 Å². The molecule has 0 amide bonds. The van der Waals surface area contributed by atoms with Gasteiger partial charge in [0.15, 0.2) is 0 Å². The van der Waals surface area contributed by atoms with Crippen LogP contribution in [0.3, 0.4) is 0 Å². The SMILES string of the molecule is O=P(O)(O)O.[Am]. The molecule has 39 valence electrons. The molecule has 3 N–H and O–H groups in total. The number of phosphoric acid groups is 1. The van der Waals surface area contributed by atoms with Crippen molar-refractivity contribution in [2.75, 3.05) is 0 Å². The Morgan fingerprint density at radius 2 is 1.17 bits per heavy atom. The summed E-state index contributed by atoms with van der Waals surface area (Å²) in [4.78, 5) is 21.6. The third kappa shape index (κ3) is 221. The van der Waals surface area contributed by atoms with E-state index in [0.29, 0.717) is 0 Å². The van der Waals surface area contributed by atoms with Crippen LogP contribution in [0.5, 0.6) is 0 Å². The Hall–Kier alpha value is 0.500. The summed E-state index contributed by atoms with van der Waals surface area (Å²) in [6.45, 7) is 0. The average Bonchev–Trinajstić information content (AvgIpc) is 0.722. The normalized spacial score (nSPS) is 9.83. The minimum atomic E-state index is -4.64. The van der Waals surface area contributed by atoms with E-state index in [1.165, 1.54) is 0 Å². The molecule has 0 fully saturated rings. The fraction of sp³-hybridized carbons (Fsp3) is 0. The van der Waals surface area contributed by atoms with Gasteiger partial charge >= 0.3 is 7.82 Å². The monoisotopic (exact) mass is 339 g/mol. The van der Waals surface area contributed by atoms with E-state index in [2.05, 4.69) is 0 Å². The minimum absolute atomic E-state index is 0. The maximum Gasteiger partial charge on any atom is 0.466 e. The molecule has 0 unspecified atom stereocenters. The van der Waals surface area contributed by atoms with Crippen molar-refractivity contribution in [1.82, 2.24) is 0 Å². The summed E-state index contributed by atoms with van der Waals surface area (Å²) >= 11 is 0. The molecule has 0 aromatic rings. The van der Waals surface area contributed by atoms with Gasteiger partial charge in [0.1, 0.15) is 0 Å². The first-order valence-electron chi connectivity index (χ1n) is 0.783. The fourth-order valence-corrected chi connectivity index (χ4v) is 0. The van der Waals surface area contributed by atoms with Crippen LogP contribution >= 0.6 is 7.82 Å². The van der Waals surface area contributed by atoms with Crippen LogP contribution in [0.1, 0.15) is 0 Å². The maximum absolute atomic E-state index is 8.88. The molecule has 0 spiro atoms. The van der Waals surface area contributed by atoms with Gasteiger partial charge in [0.05, 0.1) is 0 Å². The van der Waals surface area contributed by atoms with Crippen molar-refractivity contribution in [1.29, 1.82) is 0 Å². The van der Waals surface area contributed by atoms with Crippen molar-refractivity contribution in [3.8, 4) is 0 Å². The van der Waals surface area contributed by atoms with Gasteiger partial charge in [-0.05, 0) is 0 Å². The smallest absolute Gasteiger partial charge is 0.303 e. The van der Waals surface area contributed by atoms with Crippen LogP contribution < -0.4 is 0 Å². The average molecular weight is 341 g/mol. The van der Waals surface area contributed by atoms with E-state index in [0.717, 1.165) is 0 Å². The van der Waals surface area contributed by atoms with Gasteiger partial charge in [-0.1, -0.05) is 0 Å². The van der Waals surface area contributed by atoms with Crippen LogP contribution in [-0.2, 0) is 4.57 Å². The minimum Gasteiger partial charge on any atom is -0.303 e. The summed E-state index contributed by atoms with van der Waals surface area (Å²) in [5, 5.41) is 0. The van der Waals surface area contributed by atoms with Gasteiger partial charge in [0.25, 0.3) is 0 Å². The van der Waals surface area contributed by atoms with Crippen LogP contribution in [0.4, 0.5) is 0 Å². The van der Waals surface area contributed by atoms with Crippen LogP contribution in [0.15, 0.2) is 0 Å². The maximum atomic E-state index is 8.88. The molecule has 6 heavy (non-hydrogen) atoms. The van der Waals surface area contributed by atoms with Gasteiger partial charge in [0, 0.05) is 14.3 Å². The third-order valence-electron chi connectivity index (χ3n) is 0. The van der Waals surface area contributed by atoms with E-state index in [4.69, 9.17) is 19.2 Å². The van der Waals surface area contributed by atoms with Crippen molar-refractivity contribution >= 4 is 7.82 Å². The largest absolute Gasteiger partial charge is 0.466 e. The Balaban J connectivity index is 0. The molecule has 0 aliphatic carbocycles. The molecule has 1 radical (unpaired) electrons.